The fourth-order valence-corrected chi connectivity index (χ4v) is 4.59. The third-order valence-corrected chi connectivity index (χ3v) is 6.63. The van der Waals surface area contributed by atoms with E-state index in [4.69, 9.17) is 16.0 Å². The highest BCUT2D eigenvalue weighted by Gasteiger charge is 2.26. The zero-order valence-corrected chi connectivity index (χ0v) is 18.4. The second kappa shape index (κ2) is 9.74. The first-order valence-electron chi connectivity index (χ1n) is 9.79. The van der Waals surface area contributed by atoms with Crippen LogP contribution < -0.4 is 4.90 Å². The first-order chi connectivity index (χ1) is 15.4. The molecule has 2 amide bonds. The lowest BCUT2D eigenvalue weighted by atomic mass is 10.1. The van der Waals surface area contributed by atoms with Crippen molar-refractivity contribution in [2.75, 3.05) is 29.5 Å². The highest BCUT2D eigenvalue weighted by atomic mass is 35.5. The Morgan fingerprint density at radius 3 is 2.50 bits per heavy atom. The van der Waals surface area contributed by atoms with Gasteiger partial charge in [0.25, 0.3) is 5.89 Å². The van der Waals surface area contributed by atoms with Crippen molar-refractivity contribution in [3.63, 3.8) is 0 Å². The number of nitrogens with zero attached hydrogens (tertiary/aromatic N) is 4. The minimum Gasteiger partial charge on any atom is -0.415 e. The maximum atomic E-state index is 13.3. The molecule has 0 bridgehead atoms. The van der Waals surface area contributed by atoms with Crippen LogP contribution in [0.25, 0.3) is 11.5 Å². The lowest BCUT2D eigenvalue weighted by Crippen LogP contribution is -2.48. The molecular formula is C21H19ClF2N4O3S. The number of halogens is 3. The number of anilines is 1. The molecule has 0 N–H and O–H groups in total. The predicted molar refractivity (Wildman–Crippen MR) is 117 cm³/mol. The molecule has 2 aromatic carbocycles. The molecule has 1 aliphatic rings. The average molecular weight is 481 g/mol. The summed E-state index contributed by atoms with van der Waals surface area (Å²) in [5, 5.41) is 7.28. The Bertz CT molecular complexity index is 1120. The number of aromatic nitrogens is 2. The molecule has 4 rings (SSSR count). The minimum absolute atomic E-state index is 0.0638. The Morgan fingerprint density at radius 1 is 1.16 bits per heavy atom. The van der Waals surface area contributed by atoms with E-state index >= 15 is 0 Å². The van der Waals surface area contributed by atoms with Crippen LogP contribution in [0.4, 0.5) is 19.3 Å². The summed E-state index contributed by atoms with van der Waals surface area (Å²) in [7, 11) is -0.899. The minimum atomic E-state index is -2.86. The highest BCUT2D eigenvalue weighted by molar-refractivity contribution is 7.85. The zero-order chi connectivity index (χ0) is 22.7. The van der Waals surface area contributed by atoms with Crippen LogP contribution in [0.3, 0.4) is 0 Å². The van der Waals surface area contributed by atoms with E-state index in [1.807, 2.05) is 30.3 Å². The first-order valence-corrected chi connectivity index (χ1v) is 11.7. The second-order valence-corrected chi connectivity index (χ2v) is 9.20. The molecule has 0 unspecified atom stereocenters. The normalized spacial score (nSPS) is 14.7. The molecule has 3 aromatic rings. The van der Waals surface area contributed by atoms with E-state index in [1.165, 1.54) is 6.07 Å². The van der Waals surface area contributed by atoms with Gasteiger partial charge < -0.3 is 9.32 Å². The molecule has 0 spiro atoms. The Hall–Kier alpha value is -2.85. The predicted octanol–water partition coefficient (Wildman–Crippen LogP) is 4.52. The molecular weight excluding hydrogens is 462 g/mol. The van der Waals surface area contributed by atoms with Gasteiger partial charge in [-0.2, -0.15) is 8.78 Å². The molecule has 32 heavy (non-hydrogen) atoms. The summed E-state index contributed by atoms with van der Waals surface area (Å²) in [5.74, 6) is 0.0815. The van der Waals surface area contributed by atoms with Crippen LogP contribution in [-0.2, 0) is 17.3 Å². The van der Waals surface area contributed by atoms with Crippen molar-refractivity contribution >= 4 is 34.1 Å². The second-order valence-electron chi connectivity index (χ2n) is 7.09. The largest absolute Gasteiger partial charge is 0.415 e. The topological polar surface area (TPSA) is 79.5 Å². The van der Waals surface area contributed by atoms with E-state index in [1.54, 1.807) is 21.9 Å². The quantitative estimate of drug-likeness (QED) is 0.536. The Kier molecular flexibility index (Phi) is 6.80. The van der Waals surface area contributed by atoms with E-state index in [2.05, 4.69) is 10.2 Å². The number of hydrogen-bond acceptors (Lipinski definition) is 5. The number of rotatable bonds is 5. The van der Waals surface area contributed by atoms with Gasteiger partial charge >= 0.3 is 12.5 Å². The molecule has 1 fully saturated rings. The van der Waals surface area contributed by atoms with Gasteiger partial charge in [0.1, 0.15) is 0 Å². The number of para-hydroxylation sites is 1. The third-order valence-electron chi connectivity index (χ3n) is 5.00. The van der Waals surface area contributed by atoms with Gasteiger partial charge in [-0.3, -0.25) is 9.11 Å². The first kappa shape index (κ1) is 22.3. The van der Waals surface area contributed by atoms with E-state index in [9.17, 15) is 17.8 Å². The van der Waals surface area contributed by atoms with Crippen molar-refractivity contribution in [1.29, 1.82) is 0 Å². The standard InChI is InChI=1S/C21H19ClF2N4O3S/c22-17-12-14(19-25-26-20(31-19)18(23)24)6-7-15(17)13-28(16-4-2-1-3-5-16)21(29)27-8-10-32(30)11-9-27/h1-7,12,18H,8-11,13H2. The molecule has 168 valence electrons. The van der Waals surface area contributed by atoms with Gasteiger partial charge in [-0.05, 0) is 29.8 Å². The lowest BCUT2D eigenvalue weighted by Gasteiger charge is -2.33. The van der Waals surface area contributed by atoms with Crippen LogP contribution in [0.15, 0.2) is 52.9 Å². The Morgan fingerprint density at radius 2 is 1.88 bits per heavy atom. The van der Waals surface area contributed by atoms with Crippen LogP contribution >= 0.6 is 11.6 Å². The summed E-state index contributed by atoms with van der Waals surface area (Å²) in [6.45, 7) is 1.03. The van der Waals surface area contributed by atoms with Crippen molar-refractivity contribution in [3.8, 4) is 11.5 Å². The number of benzene rings is 2. The Balaban J connectivity index is 1.59. The van der Waals surface area contributed by atoms with Gasteiger partial charge in [-0.1, -0.05) is 35.9 Å². The number of carbonyl (C=O) groups is 1. The molecule has 7 nitrogen and oxygen atoms in total. The van der Waals surface area contributed by atoms with E-state index < -0.39 is 23.1 Å². The summed E-state index contributed by atoms with van der Waals surface area (Å²) in [4.78, 5) is 16.6. The molecule has 1 saturated heterocycles. The van der Waals surface area contributed by atoms with Crippen LogP contribution in [0.2, 0.25) is 5.02 Å². The van der Waals surface area contributed by atoms with Crippen LogP contribution in [0, 0.1) is 0 Å². The van der Waals surface area contributed by atoms with Gasteiger partial charge in [0.2, 0.25) is 5.89 Å². The van der Waals surface area contributed by atoms with Gasteiger partial charge in [-0.25, -0.2) is 4.79 Å². The molecule has 0 saturated carbocycles. The summed E-state index contributed by atoms with van der Waals surface area (Å²) in [6.07, 6.45) is -2.86. The molecule has 1 aromatic heterocycles. The van der Waals surface area contributed by atoms with Crippen molar-refractivity contribution in [2.24, 2.45) is 0 Å². The van der Waals surface area contributed by atoms with E-state index in [0.717, 1.165) is 0 Å². The molecule has 2 heterocycles. The zero-order valence-electron chi connectivity index (χ0n) is 16.8. The smallest absolute Gasteiger partial charge is 0.324 e. The third kappa shape index (κ3) is 4.97. The van der Waals surface area contributed by atoms with Gasteiger partial charge in [0.15, 0.2) is 0 Å². The van der Waals surface area contributed by atoms with Crippen LogP contribution in [0.1, 0.15) is 17.9 Å². The SMILES string of the molecule is O=C(N1CCS(=O)CC1)N(Cc1ccc(-c2nnc(C(F)F)o2)cc1Cl)c1ccccc1. The van der Waals surface area contributed by atoms with Crippen LogP contribution in [0.5, 0.6) is 0 Å². The number of alkyl halides is 2. The summed E-state index contributed by atoms with van der Waals surface area (Å²) in [5.41, 5.74) is 1.75. The Labute approximate surface area is 190 Å². The molecule has 0 aliphatic carbocycles. The van der Waals surface area contributed by atoms with Gasteiger partial charge in [-0.15, -0.1) is 10.2 Å². The number of carbonyl (C=O) groups excluding carboxylic acids is 1. The lowest BCUT2D eigenvalue weighted by molar-refractivity contribution is 0.116. The molecule has 0 atom stereocenters. The van der Waals surface area contributed by atoms with E-state index in [-0.39, 0.29) is 18.5 Å². The summed E-state index contributed by atoms with van der Waals surface area (Å²) < 4.78 is 42.1. The van der Waals surface area contributed by atoms with Crippen molar-refractivity contribution < 1.29 is 22.2 Å². The van der Waals surface area contributed by atoms with Crippen molar-refractivity contribution in [2.45, 2.75) is 13.0 Å². The fourth-order valence-electron chi connectivity index (χ4n) is 3.30. The van der Waals surface area contributed by atoms with Crippen LogP contribution in [-0.4, -0.2) is 49.9 Å². The summed E-state index contributed by atoms with van der Waals surface area (Å²) in [6, 6.07) is 13.8. The molecule has 0 radical (unpaired) electrons. The number of hydrogen-bond donors (Lipinski definition) is 0. The van der Waals surface area contributed by atoms with Gasteiger partial charge in [0.05, 0.1) is 6.54 Å². The number of amides is 2. The summed E-state index contributed by atoms with van der Waals surface area (Å²) >= 11 is 6.46. The van der Waals surface area contributed by atoms with Crippen molar-refractivity contribution in [1.82, 2.24) is 15.1 Å². The maximum Gasteiger partial charge on any atom is 0.324 e. The fraction of sp³-hybridized carbons (Fsp3) is 0.286. The van der Waals surface area contributed by atoms with E-state index in [0.29, 0.717) is 46.4 Å². The highest BCUT2D eigenvalue weighted by Crippen LogP contribution is 2.29. The van der Waals surface area contributed by atoms with Crippen molar-refractivity contribution in [3.05, 3.63) is 65.0 Å². The average Bonchev–Trinajstić information content (AvgIpc) is 3.30. The molecule has 11 heteroatoms. The monoisotopic (exact) mass is 480 g/mol. The molecule has 1 aliphatic heterocycles. The maximum absolute atomic E-state index is 13.3. The number of urea groups is 1. The van der Waals surface area contributed by atoms with Gasteiger partial charge in [0, 0.05) is 51.7 Å².